The lowest BCUT2D eigenvalue weighted by molar-refractivity contribution is -0.122. The average molecular weight is 284 g/mol. The number of thiophene rings is 1. The van der Waals surface area contributed by atoms with Crippen molar-refractivity contribution < 1.29 is 14.3 Å². The zero-order chi connectivity index (χ0) is 14.1. The fourth-order valence-corrected chi connectivity index (χ4v) is 2.05. The lowest BCUT2D eigenvalue weighted by Crippen LogP contribution is -2.45. The van der Waals surface area contributed by atoms with Crippen LogP contribution in [0.3, 0.4) is 0 Å². The predicted octanol–water partition coefficient (Wildman–Crippen LogP) is 1.41. The number of hydrogen-bond acceptors (Lipinski definition) is 4. The molecule has 1 heterocycles. The minimum atomic E-state index is -0.540. The normalized spacial score (nSPS) is 11.9. The van der Waals surface area contributed by atoms with Crippen LogP contribution in [0.2, 0.25) is 0 Å². The Bertz CT molecular complexity index is 393. The van der Waals surface area contributed by atoms with Crippen molar-refractivity contribution in [1.82, 2.24) is 10.6 Å². The Morgan fingerprint density at radius 3 is 2.89 bits per heavy atom. The van der Waals surface area contributed by atoms with Gasteiger partial charge in [0.25, 0.3) is 5.91 Å². The molecule has 2 amide bonds. The monoisotopic (exact) mass is 284 g/mol. The summed E-state index contributed by atoms with van der Waals surface area (Å²) >= 11 is 1.35. The van der Waals surface area contributed by atoms with Crippen molar-refractivity contribution in [3.63, 3.8) is 0 Å². The highest BCUT2D eigenvalue weighted by atomic mass is 32.1. The third-order valence-corrected chi connectivity index (χ3v) is 3.32. The molecule has 5 nitrogen and oxygen atoms in total. The second-order valence-electron chi connectivity index (χ2n) is 4.01. The number of carbonyl (C=O) groups excluding carboxylic acids is 2. The van der Waals surface area contributed by atoms with E-state index in [1.54, 1.807) is 19.1 Å². The van der Waals surface area contributed by atoms with Gasteiger partial charge in [-0.25, -0.2) is 0 Å². The van der Waals surface area contributed by atoms with Gasteiger partial charge in [-0.05, 0) is 31.7 Å². The summed E-state index contributed by atoms with van der Waals surface area (Å²) in [6, 6.07) is 2.99. The highest BCUT2D eigenvalue weighted by molar-refractivity contribution is 7.12. The molecule has 106 valence electrons. The van der Waals surface area contributed by atoms with Crippen molar-refractivity contribution in [2.45, 2.75) is 26.3 Å². The molecule has 0 bridgehead atoms. The van der Waals surface area contributed by atoms with Crippen LogP contribution in [0.5, 0.6) is 0 Å². The van der Waals surface area contributed by atoms with Gasteiger partial charge in [-0.3, -0.25) is 9.59 Å². The van der Waals surface area contributed by atoms with Crippen molar-refractivity contribution in [1.29, 1.82) is 0 Å². The Balaban J connectivity index is 2.23. The lowest BCUT2D eigenvalue weighted by Gasteiger charge is -2.13. The number of nitrogens with one attached hydrogen (secondary N) is 2. The van der Waals surface area contributed by atoms with Crippen molar-refractivity contribution in [3.8, 4) is 0 Å². The van der Waals surface area contributed by atoms with Crippen LogP contribution in [0.1, 0.15) is 29.9 Å². The molecule has 0 aliphatic rings. The molecule has 0 fully saturated rings. The van der Waals surface area contributed by atoms with Crippen LogP contribution in [-0.4, -0.2) is 37.6 Å². The maximum absolute atomic E-state index is 11.7. The molecule has 1 atom stereocenters. The highest BCUT2D eigenvalue weighted by Crippen LogP contribution is 2.07. The molecular formula is C13H20N2O3S. The van der Waals surface area contributed by atoms with E-state index in [0.717, 1.165) is 6.42 Å². The van der Waals surface area contributed by atoms with E-state index in [2.05, 4.69) is 10.6 Å². The largest absolute Gasteiger partial charge is 0.382 e. The number of hydrogen-bond donors (Lipinski definition) is 2. The maximum Gasteiger partial charge on any atom is 0.261 e. The number of amides is 2. The summed E-state index contributed by atoms with van der Waals surface area (Å²) in [5.74, 6) is -0.395. The molecule has 1 aromatic rings. The highest BCUT2D eigenvalue weighted by Gasteiger charge is 2.16. The van der Waals surface area contributed by atoms with Gasteiger partial charge in [0.15, 0.2) is 0 Å². The van der Waals surface area contributed by atoms with Crippen molar-refractivity contribution in [3.05, 3.63) is 22.4 Å². The summed E-state index contributed by atoms with van der Waals surface area (Å²) in [5, 5.41) is 7.25. The van der Waals surface area contributed by atoms with E-state index in [9.17, 15) is 9.59 Å². The fraction of sp³-hybridized carbons (Fsp3) is 0.538. The molecule has 0 saturated carbocycles. The summed E-state index contributed by atoms with van der Waals surface area (Å²) in [6.45, 7) is 5.47. The van der Waals surface area contributed by atoms with Crippen LogP contribution >= 0.6 is 11.3 Å². The minimum absolute atomic E-state index is 0.179. The van der Waals surface area contributed by atoms with E-state index in [1.807, 2.05) is 12.3 Å². The first kappa shape index (κ1) is 15.7. The Morgan fingerprint density at radius 2 is 2.26 bits per heavy atom. The van der Waals surface area contributed by atoms with Crippen molar-refractivity contribution in [2.75, 3.05) is 19.8 Å². The molecule has 19 heavy (non-hydrogen) atoms. The van der Waals surface area contributed by atoms with Crippen LogP contribution in [-0.2, 0) is 9.53 Å². The van der Waals surface area contributed by atoms with Gasteiger partial charge in [0.1, 0.15) is 6.04 Å². The Morgan fingerprint density at radius 1 is 1.47 bits per heavy atom. The van der Waals surface area contributed by atoms with E-state index in [-0.39, 0.29) is 11.8 Å². The maximum atomic E-state index is 11.7. The lowest BCUT2D eigenvalue weighted by atomic mass is 10.3. The van der Waals surface area contributed by atoms with Crippen LogP contribution in [0.4, 0.5) is 0 Å². The van der Waals surface area contributed by atoms with E-state index >= 15 is 0 Å². The van der Waals surface area contributed by atoms with E-state index in [4.69, 9.17) is 4.74 Å². The zero-order valence-corrected chi connectivity index (χ0v) is 12.1. The molecule has 1 unspecified atom stereocenters. The molecule has 0 aliphatic heterocycles. The third kappa shape index (κ3) is 5.85. The molecule has 0 spiro atoms. The smallest absolute Gasteiger partial charge is 0.261 e. The summed E-state index contributed by atoms with van der Waals surface area (Å²) in [5.41, 5.74) is 0. The molecule has 1 rings (SSSR count). The van der Waals surface area contributed by atoms with Crippen LogP contribution in [0.25, 0.3) is 0 Å². The van der Waals surface area contributed by atoms with Gasteiger partial charge in [0, 0.05) is 19.8 Å². The number of rotatable bonds is 8. The molecule has 6 heteroatoms. The second kappa shape index (κ2) is 8.66. The molecular weight excluding hydrogens is 264 g/mol. The topological polar surface area (TPSA) is 67.4 Å². The van der Waals surface area contributed by atoms with E-state index in [1.165, 1.54) is 11.3 Å². The SMILES string of the molecule is CCOCCCNC(=O)C(C)NC(=O)c1cccs1. The first-order chi connectivity index (χ1) is 9.15. The molecule has 0 radical (unpaired) electrons. The molecule has 1 aromatic heterocycles. The number of carbonyl (C=O) groups is 2. The van der Waals surface area contributed by atoms with E-state index < -0.39 is 6.04 Å². The summed E-state index contributed by atoms with van der Waals surface area (Å²) in [6.07, 6.45) is 0.769. The van der Waals surface area contributed by atoms with Gasteiger partial charge in [-0.2, -0.15) is 0 Å². The summed E-state index contributed by atoms with van der Waals surface area (Å²) < 4.78 is 5.17. The fourth-order valence-electron chi connectivity index (χ4n) is 1.42. The molecule has 2 N–H and O–H groups in total. The van der Waals surface area contributed by atoms with Crippen molar-refractivity contribution in [2.24, 2.45) is 0 Å². The summed E-state index contributed by atoms with van der Waals surface area (Å²) in [4.78, 5) is 24.1. The number of ether oxygens (including phenoxy) is 1. The first-order valence-corrected chi connectivity index (χ1v) is 7.23. The average Bonchev–Trinajstić information content (AvgIpc) is 2.92. The van der Waals surface area contributed by atoms with Gasteiger partial charge < -0.3 is 15.4 Å². The standard InChI is InChI=1S/C13H20N2O3S/c1-3-18-8-5-7-14-12(16)10(2)15-13(17)11-6-4-9-19-11/h4,6,9-10H,3,5,7-8H2,1-2H3,(H,14,16)(H,15,17). The Labute approximate surface area is 117 Å². The Kier molecular flexibility index (Phi) is 7.14. The third-order valence-electron chi connectivity index (χ3n) is 2.45. The van der Waals surface area contributed by atoms with Gasteiger partial charge in [-0.1, -0.05) is 6.07 Å². The molecule has 0 aliphatic carbocycles. The Hall–Kier alpha value is -1.40. The van der Waals surface area contributed by atoms with Crippen LogP contribution < -0.4 is 10.6 Å². The minimum Gasteiger partial charge on any atom is -0.382 e. The van der Waals surface area contributed by atoms with E-state index in [0.29, 0.717) is 24.6 Å². The van der Waals surface area contributed by atoms with Crippen LogP contribution in [0, 0.1) is 0 Å². The van der Waals surface area contributed by atoms with Gasteiger partial charge in [-0.15, -0.1) is 11.3 Å². The summed E-state index contributed by atoms with van der Waals surface area (Å²) in [7, 11) is 0. The predicted molar refractivity (Wildman–Crippen MR) is 75.4 cm³/mol. The molecule has 0 saturated heterocycles. The second-order valence-corrected chi connectivity index (χ2v) is 4.96. The van der Waals surface area contributed by atoms with Crippen LogP contribution in [0.15, 0.2) is 17.5 Å². The molecule has 0 aromatic carbocycles. The van der Waals surface area contributed by atoms with Crippen molar-refractivity contribution >= 4 is 23.2 Å². The van der Waals surface area contributed by atoms with Gasteiger partial charge in [0.2, 0.25) is 5.91 Å². The first-order valence-electron chi connectivity index (χ1n) is 6.35. The van der Waals surface area contributed by atoms with Gasteiger partial charge in [0.05, 0.1) is 4.88 Å². The van der Waals surface area contributed by atoms with Gasteiger partial charge >= 0.3 is 0 Å². The quantitative estimate of drug-likeness (QED) is 0.709. The zero-order valence-electron chi connectivity index (χ0n) is 11.3.